The van der Waals surface area contributed by atoms with Crippen LogP contribution in [-0.2, 0) is 20.7 Å². The van der Waals surface area contributed by atoms with Gasteiger partial charge in [-0.2, -0.15) is 5.10 Å². The fourth-order valence-corrected chi connectivity index (χ4v) is 4.26. The minimum absolute atomic E-state index is 0.0855. The molecular formula is C23H30N4O3. The Bertz CT molecular complexity index is 892. The number of amides is 2. The molecule has 7 nitrogen and oxygen atoms in total. The first-order valence-electron chi connectivity index (χ1n) is 10.8. The average molecular weight is 411 g/mol. The predicted molar refractivity (Wildman–Crippen MR) is 113 cm³/mol. The van der Waals surface area contributed by atoms with Crippen molar-refractivity contribution in [2.24, 2.45) is 0 Å². The normalized spacial score (nSPS) is 19.3. The lowest BCUT2D eigenvalue weighted by atomic mass is 10.1. The highest BCUT2D eigenvalue weighted by Crippen LogP contribution is 2.17. The van der Waals surface area contributed by atoms with Crippen LogP contribution in [0.3, 0.4) is 0 Å². The third-order valence-corrected chi connectivity index (χ3v) is 5.97. The smallest absolute Gasteiger partial charge is 0.251 e. The molecule has 30 heavy (non-hydrogen) atoms. The van der Waals surface area contributed by atoms with Crippen LogP contribution in [-0.4, -0.2) is 70.3 Å². The molecule has 3 heterocycles. The van der Waals surface area contributed by atoms with Gasteiger partial charge in [-0.05, 0) is 56.9 Å². The molecule has 1 aromatic heterocycles. The molecule has 2 aromatic rings. The molecule has 1 atom stereocenters. The maximum absolute atomic E-state index is 12.6. The Kier molecular flexibility index (Phi) is 6.18. The van der Waals surface area contributed by atoms with Gasteiger partial charge in [-0.3, -0.25) is 9.59 Å². The Balaban J connectivity index is 1.25. The number of ether oxygens (including phenoxy) is 1. The molecule has 0 N–H and O–H groups in total. The summed E-state index contributed by atoms with van der Waals surface area (Å²) in [5.41, 5.74) is 4.27. The number of benzene rings is 1. The molecule has 0 spiro atoms. The highest BCUT2D eigenvalue weighted by atomic mass is 16.5. The number of carbonyl (C=O) groups is 2. The van der Waals surface area contributed by atoms with Gasteiger partial charge in [0.05, 0.1) is 11.4 Å². The van der Waals surface area contributed by atoms with Gasteiger partial charge in [-0.25, -0.2) is 4.68 Å². The Morgan fingerprint density at radius 2 is 1.77 bits per heavy atom. The molecular weight excluding hydrogens is 380 g/mol. The quantitative estimate of drug-likeness (QED) is 0.758. The van der Waals surface area contributed by atoms with Crippen LogP contribution in [0.15, 0.2) is 30.3 Å². The summed E-state index contributed by atoms with van der Waals surface area (Å²) >= 11 is 0. The largest absolute Gasteiger partial charge is 0.368 e. The van der Waals surface area contributed by atoms with Crippen LogP contribution >= 0.6 is 0 Å². The van der Waals surface area contributed by atoms with E-state index in [-0.39, 0.29) is 17.9 Å². The summed E-state index contributed by atoms with van der Waals surface area (Å²) < 4.78 is 7.43. The van der Waals surface area contributed by atoms with Crippen molar-refractivity contribution < 1.29 is 14.3 Å². The van der Waals surface area contributed by atoms with Gasteiger partial charge in [0.25, 0.3) is 5.91 Å². The third-order valence-electron chi connectivity index (χ3n) is 5.97. The van der Waals surface area contributed by atoms with E-state index >= 15 is 0 Å². The van der Waals surface area contributed by atoms with Crippen LogP contribution in [0.5, 0.6) is 0 Å². The summed E-state index contributed by atoms with van der Waals surface area (Å²) in [6.45, 7) is 7.12. The Morgan fingerprint density at radius 3 is 2.37 bits per heavy atom. The van der Waals surface area contributed by atoms with E-state index in [9.17, 15) is 9.59 Å². The second-order valence-corrected chi connectivity index (χ2v) is 8.21. The van der Waals surface area contributed by atoms with Crippen LogP contribution in [0, 0.1) is 13.8 Å². The van der Waals surface area contributed by atoms with Crippen LogP contribution in [0.1, 0.15) is 36.2 Å². The number of rotatable bonds is 5. The molecule has 0 bridgehead atoms. The van der Waals surface area contributed by atoms with Gasteiger partial charge in [0.15, 0.2) is 0 Å². The summed E-state index contributed by atoms with van der Waals surface area (Å²) in [6.07, 6.45) is 2.70. The van der Waals surface area contributed by atoms with Gasteiger partial charge in [0, 0.05) is 44.9 Å². The van der Waals surface area contributed by atoms with Crippen LogP contribution in [0.2, 0.25) is 0 Å². The first-order chi connectivity index (χ1) is 14.5. The fourth-order valence-electron chi connectivity index (χ4n) is 4.26. The standard InChI is InChI=1S/C23H30N4O3/c1-17-16-18(2)27(24-17)20-8-5-19(6-9-20)7-10-22(28)25-11-13-26(14-12-25)23(29)21-4-3-15-30-21/h5-6,8-9,16,21H,3-4,7,10-15H2,1-2H3. The van der Waals surface area contributed by atoms with Crippen molar-refractivity contribution in [2.45, 2.75) is 45.6 Å². The second kappa shape index (κ2) is 9.00. The van der Waals surface area contributed by atoms with E-state index in [0.29, 0.717) is 45.6 Å². The zero-order valence-corrected chi connectivity index (χ0v) is 17.8. The fraction of sp³-hybridized carbons (Fsp3) is 0.522. The molecule has 7 heteroatoms. The minimum Gasteiger partial charge on any atom is -0.368 e. The number of hydrogen-bond acceptors (Lipinski definition) is 4. The van der Waals surface area contributed by atoms with Crippen LogP contribution in [0.25, 0.3) is 5.69 Å². The highest BCUT2D eigenvalue weighted by molar-refractivity contribution is 5.82. The van der Waals surface area contributed by atoms with Crippen molar-refractivity contribution in [1.29, 1.82) is 0 Å². The molecule has 2 amide bonds. The van der Waals surface area contributed by atoms with E-state index in [2.05, 4.69) is 35.4 Å². The molecule has 1 unspecified atom stereocenters. The Labute approximate surface area is 177 Å². The van der Waals surface area contributed by atoms with E-state index in [4.69, 9.17) is 4.74 Å². The van der Waals surface area contributed by atoms with E-state index in [1.807, 2.05) is 28.3 Å². The zero-order valence-electron chi connectivity index (χ0n) is 17.8. The van der Waals surface area contributed by atoms with E-state index in [1.165, 1.54) is 0 Å². The lowest BCUT2D eigenvalue weighted by Gasteiger charge is -2.35. The first-order valence-corrected chi connectivity index (χ1v) is 10.8. The summed E-state index contributed by atoms with van der Waals surface area (Å²) in [6, 6.07) is 10.3. The molecule has 2 saturated heterocycles. The molecule has 4 rings (SSSR count). The summed E-state index contributed by atoms with van der Waals surface area (Å²) in [5.74, 6) is 0.240. The molecule has 0 aliphatic carbocycles. The summed E-state index contributed by atoms with van der Waals surface area (Å²) in [7, 11) is 0. The van der Waals surface area contributed by atoms with Crippen molar-refractivity contribution in [3.8, 4) is 5.69 Å². The molecule has 1 aromatic carbocycles. The van der Waals surface area contributed by atoms with Crippen molar-refractivity contribution >= 4 is 11.8 Å². The van der Waals surface area contributed by atoms with Gasteiger partial charge >= 0.3 is 0 Å². The monoisotopic (exact) mass is 410 g/mol. The number of piperazine rings is 1. The molecule has 0 radical (unpaired) electrons. The van der Waals surface area contributed by atoms with Crippen molar-refractivity contribution in [1.82, 2.24) is 19.6 Å². The van der Waals surface area contributed by atoms with Gasteiger partial charge < -0.3 is 14.5 Å². The van der Waals surface area contributed by atoms with Gasteiger partial charge in [-0.15, -0.1) is 0 Å². The highest BCUT2D eigenvalue weighted by Gasteiger charge is 2.31. The summed E-state index contributed by atoms with van der Waals surface area (Å²) in [5, 5.41) is 4.51. The lowest BCUT2D eigenvalue weighted by molar-refractivity contribution is -0.146. The van der Waals surface area contributed by atoms with Crippen LogP contribution < -0.4 is 0 Å². The molecule has 2 aliphatic heterocycles. The molecule has 2 fully saturated rings. The lowest BCUT2D eigenvalue weighted by Crippen LogP contribution is -2.52. The molecule has 160 valence electrons. The maximum Gasteiger partial charge on any atom is 0.251 e. The van der Waals surface area contributed by atoms with Gasteiger partial charge in [0.2, 0.25) is 5.91 Å². The molecule has 2 aliphatic rings. The molecule has 0 saturated carbocycles. The van der Waals surface area contributed by atoms with Crippen LogP contribution in [0.4, 0.5) is 0 Å². The Morgan fingerprint density at radius 1 is 1.07 bits per heavy atom. The number of hydrogen-bond donors (Lipinski definition) is 0. The zero-order chi connectivity index (χ0) is 21.1. The number of aromatic nitrogens is 2. The number of nitrogens with zero attached hydrogens (tertiary/aromatic N) is 4. The van der Waals surface area contributed by atoms with E-state index in [0.717, 1.165) is 35.5 Å². The number of aryl methyl sites for hydroxylation is 3. The topological polar surface area (TPSA) is 67.7 Å². The van der Waals surface area contributed by atoms with Gasteiger partial charge in [-0.1, -0.05) is 12.1 Å². The van der Waals surface area contributed by atoms with E-state index < -0.39 is 0 Å². The SMILES string of the molecule is Cc1cc(C)n(-c2ccc(CCC(=O)N3CCN(C(=O)C4CCCO4)CC3)cc2)n1. The van der Waals surface area contributed by atoms with Crippen molar-refractivity contribution in [3.05, 3.63) is 47.3 Å². The van der Waals surface area contributed by atoms with Gasteiger partial charge in [0.1, 0.15) is 6.10 Å². The minimum atomic E-state index is -0.273. The van der Waals surface area contributed by atoms with Crippen molar-refractivity contribution in [3.63, 3.8) is 0 Å². The maximum atomic E-state index is 12.6. The number of carbonyl (C=O) groups excluding carboxylic acids is 2. The average Bonchev–Trinajstić information content (AvgIpc) is 3.41. The first kappa shape index (κ1) is 20.6. The van der Waals surface area contributed by atoms with E-state index in [1.54, 1.807) is 0 Å². The Hall–Kier alpha value is -2.67. The summed E-state index contributed by atoms with van der Waals surface area (Å²) in [4.78, 5) is 28.8. The predicted octanol–water partition coefficient (Wildman–Crippen LogP) is 2.27. The van der Waals surface area contributed by atoms with Crippen molar-refractivity contribution in [2.75, 3.05) is 32.8 Å². The second-order valence-electron chi connectivity index (χ2n) is 8.21. The third kappa shape index (κ3) is 4.56.